The molecule has 29 heavy (non-hydrogen) atoms. The zero-order valence-electron chi connectivity index (χ0n) is 15.7. The van der Waals surface area contributed by atoms with Crippen molar-refractivity contribution in [2.45, 2.75) is 19.0 Å². The molecule has 0 aliphatic carbocycles. The van der Waals surface area contributed by atoms with E-state index in [2.05, 4.69) is 0 Å². The summed E-state index contributed by atoms with van der Waals surface area (Å²) in [5.41, 5.74) is 1.02. The van der Waals surface area contributed by atoms with Gasteiger partial charge in [0, 0.05) is 23.2 Å². The standard InChI is InChI=1S/C23H20F3O2P/c24-23(25,26)18-9-11-19(12-10-18)28-22-6-2-1-5-21(22)17-7-13-20(14-8-17)29(27)15-3-4-16-29/h1-2,5-14H,3-4,15-16H2. The molecule has 150 valence electrons. The van der Waals surface area contributed by atoms with Gasteiger partial charge in [0.25, 0.3) is 0 Å². The summed E-state index contributed by atoms with van der Waals surface area (Å²) in [6, 6.07) is 19.7. The van der Waals surface area contributed by atoms with Gasteiger partial charge in [0.05, 0.1) is 5.56 Å². The molecule has 1 aliphatic heterocycles. The number of para-hydroxylation sites is 1. The number of benzene rings is 3. The van der Waals surface area contributed by atoms with Crippen LogP contribution >= 0.6 is 7.14 Å². The summed E-state index contributed by atoms with van der Waals surface area (Å²) in [6.45, 7) is 0. The lowest BCUT2D eigenvalue weighted by atomic mass is 10.0. The Bertz CT molecular complexity index is 1030. The van der Waals surface area contributed by atoms with E-state index in [-0.39, 0.29) is 0 Å². The first-order chi connectivity index (χ1) is 13.9. The van der Waals surface area contributed by atoms with E-state index in [1.54, 1.807) is 6.07 Å². The van der Waals surface area contributed by atoms with Gasteiger partial charge in [-0.15, -0.1) is 0 Å². The molecule has 0 N–H and O–H groups in total. The number of rotatable bonds is 4. The summed E-state index contributed by atoms with van der Waals surface area (Å²) in [4.78, 5) is 0. The zero-order chi connectivity index (χ0) is 20.5. The van der Waals surface area contributed by atoms with Crippen LogP contribution in [-0.2, 0) is 10.7 Å². The number of alkyl halides is 3. The van der Waals surface area contributed by atoms with E-state index in [9.17, 15) is 17.7 Å². The molecule has 3 aromatic rings. The zero-order valence-corrected chi connectivity index (χ0v) is 16.5. The SMILES string of the molecule is O=P1(c2ccc(-c3ccccc3Oc3ccc(C(F)(F)F)cc3)cc2)CCCC1. The van der Waals surface area contributed by atoms with Crippen LogP contribution in [0.25, 0.3) is 11.1 Å². The van der Waals surface area contributed by atoms with Crippen LogP contribution in [0.5, 0.6) is 11.5 Å². The van der Waals surface area contributed by atoms with Crippen LogP contribution in [0.2, 0.25) is 0 Å². The van der Waals surface area contributed by atoms with E-state index in [0.29, 0.717) is 11.5 Å². The lowest BCUT2D eigenvalue weighted by Gasteiger charge is -2.14. The molecular formula is C23H20F3O2P. The van der Waals surface area contributed by atoms with E-state index < -0.39 is 18.9 Å². The molecule has 0 atom stereocenters. The van der Waals surface area contributed by atoms with Crippen LogP contribution in [0.1, 0.15) is 18.4 Å². The van der Waals surface area contributed by atoms with Crippen molar-refractivity contribution in [1.82, 2.24) is 0 Å². The van der Waals surface area contributed by atoms with Crippen LogP contribution in [0.3, 0.4) is 0 Å². The van der Waals surface area contributed by atoms with Gasteiger partial charge in [-0.05, 0) is 48.7 Å². The normalized spacial score (nSPS) is 16.0. The second-order valence-electron chi connectivity index (χ2n) is 7.21. The van der Waals surface area contributed by atoms with Crippen molar-refractivity contribution in [3.8, 4) is 22.6 Å². The molecule has 0 bridgehead atoms. The van der Waals surface area contributed by atoms with E-state index >= 15 is 0 Å². The maximum absolute atomic E-state index is 13.0. The monoisotopic (exact) mass is 416 g/mol. The Balaban J connectivity index is 1.59. The van der Waals surface area contributed by atoms with Gasteiger partial charge in [0.15, 0.2) is 0 Å². The Labute approximate surface area is 167 Å². The quantitative estimate of drug-likeness (QED) is 0.430. The molecule has 0 spiro atoms. The Morgan fingerprint density at radius 2 is 1.41 bits per heavy atom. The van der Waals surface area contributed by atoms with Crippen molar-refractivity contribution >= 4 is 12.4 Å². The lowest BCUT2D eigenvalue weighted by Crippen LogP contribution is -2.05. The predicted octanol–water partition coefficient (Wildman–Crippen LogP) is 6.95. The van der Waals surface area contributed by atoms with Crippen LogP contribution in [0, 0.1) is 0 Å². The maximum atomic E-state index is 13.0. The first-order valence-electron chi connectivity index (χ1n) is 9.48. The highest BCUT2D eigenvalue weighted by Gasteiger charge is 2.30. The fourth-order valence-electron chi connectivity index (χ4n) is 3.65. The largest absolute Gasteiger partial charge is 0.457 e. The van der Waals surface area contributed by atoms with Crippen LogP contribution < -0.4 is 10.0 Å². The fourth-order valence-corrected chi connectivity index (χ4v) is 6.55. The molecule has 0 unspecified atom stereocenters. The third-order valence-corrected chi connectivity index (χ3v) is 8.55. The Kier molecular flexibility index (Phi) is 5.26. The molecule has 1 aliphatic rings. The molecule has 1 saturated heterocycles. The first-order valence-corrected chi connectivity index (χ1v) is 11.6. The third-order valence-electron chi connectivity index (χ3n) is 5.23. The summed E-state index contributed by atoms with van der Waals surface area (Å²) in [6.07, 6.45) is -0.787. The van der Waals surface area contributed by atoms with Crippen molar-refractivity contribution in [3.05, 3.63) is 78.4 Å². The van der Waals surface area contributed by atoms with Gasteiger partial charge in [0.1, 0.15) is 18.6 Å². The molecule has 1 fully saturated rings. The van der Waals surface area contributed by atoms with Crippen LogP contribution in [-0.4, -0.2) is 12.3 Å². The maximum Gasteiger partial charge on any atom is 0.416 e. The average molecular weight is 416 g/mol. The van der Waals surface area contributed by atoms with Crippen molar-refractivity contribution in [2.24, 2.45) is 0 Å². The Morgan fingerprint density at radius 3 is 2.03 bits per heavy atom. The van der Waals surface area contributed by atoms with Gasteiger partial charge in [-0.3, -0.25) is 0 Å². The second-order valence-corrected chi connectivity index (χ2v) is 10.4. The average Bonchev–Trinajstić information content (AvgIpc) is 3.16. The Morgan fingerprint density at radius 1 is 0.793 bits per heavy atom. The molecular weight excluding hydrogens is 396 g/mol. The fraction of sp³-hybridized carbons (Fsp3) is 0.217. The van der Waals surface area contributed by atoms with E-state index in [1.165, 1.54) is 12.1 Å². The van der Waals surface area contributed by atoms with Crippen molar-refractivity contribution < 1.29 is 22.5 Å². The van der Waals surface area contributed by atoms with Gasteiger partial charge in [0.2, 0.25) is 0 Å². The number of ether oxygens (including phenoxy) is 1. The summed E-state index contributed by atoms with van der Waals surface area (Å²) in [5.74, 6) is 0.880. The van der Waals surface area contributed by atoms with Crippen molar-refractivity contribution in [2.75, 3.05) is 12.3 Å². The minimum absolute atomic E-state index is 0.331. The minimum Gasteiger partial charge on any atom is -0.457 e. The van der Waals surface area contributed by atoms with E-state index in [1.807, 2.05) is 42.5 Å². The third kappa shape index (κ3) is 4.25. The first kappa shape index (κ1) is 19.8. The highest BCUT2D eigenvalue weighted by atomic mass is 31.2. The second kappa shape index (κ2) is 7.72. The van der Waals surface area contributed by atoms with E-state index in [0.717, 1.165) is 53.7 Å². The molecule has 2 nitrogen and oxygen atoms in total. The number of hydrogen-bond donors (Lipinski definition) is 0. The Hall–Kier alpha value is -2.52. The summed E-state index contributed by atoms with van der Waals surface area (Å²) in [5, 5.41) is 0.917. The van der Waals surface area contributed by atoms with Crippen molar-refractivity contribution in [3.63, 3.8) is 0 Å². The topological polar surface area (TPSA) is 26.3 Å². The van der Waals surface area contributed by atoms with Gasteiger partial charge in [-0.25, -0.2) is 0 Å². The highest BCUT2D eigenvalue weighted by Crippen LogP contribution is 2.51. The van der Waals surface area contributed by atoms with Gasteiger partial charge in [-0.1, -0.05) is 42.5 Å². The molecule has 0 amide bonds. The van der Waals surface area contributed by atoms with Crippen molar-refractivity contribution in [1.29, 1.82) is 0 Å². The van der Waals surface area contributed by atoms with E-state index in [4.69, 9.17) is 4.74 Å². The molecule has 6 heteroatoms. The molecule has 3 aromatic carbocycles. The molecule has 1 heterocycles. The number of halogens is 3. The van der Waals surface area contributed by atoms with Crippen LogP contribution in [0.15, 0.2) is 72.8 Å². The number of hydrogen-bond acceptors (Lipinski definition) is 2. The molecule has 0 saturated carbocycles. The van der Waals surface area contributed by atoms with Crippen LogP contribution in [0.4, 0.5) is 13.2 Å². The van der Waals surface area contributed by atoms with Gasteiger partial charge >= 0.3 is 6.18 Å². The summed E-state index contributed by atoms with van der Waals surface area (Å²) < 4.78 is 57.1. The lowest BCUT2D eigenvalue weighted by molar-refractivity contribution is -0.137. The molecule has 0 radical (unpaired) electrons. The minimum atomic E-state index is -4.38. The molecule has 4 rings (SSSR count). The van der Waals surface area contributed by atoms with Gasteiger partial charge < -0.3 is 9.30 Å². The molecule has 0 aromatic heterocycles. The summed E-state index contributed by atoms with van der Waals surface area (Å²) >= 11 is 0. The highest BCUT2D eigenvalue weighted by molar-refractivity contribution is 7.71. The van der Waals surface area contributed by atoms with Gasteiger partial charge in [-0.2, -0.15) is 13.2 Å². The predicted molar refractivity (Wildman–Crippen MR) is 110 cm³/mol. The smallest absolute Gasteiger partial charge is 0.416 e. The summed E-state index contributed by atoms with van der Waals surface area (Å²) in [7, 11) is -2.24.